The lowest BCUT2D eigenvalue weighted by molar-refractivity contribution is -0.149. The van der Waals surface area contributed by atoms with E-state index in [0.717, 1.165) is 0 Å². The first-order valence-electron chi connectivity index (χ1n) is 6.68. The molecular weight excluding hydrogens is 258 g/mol. The molecule has 0 aromatic heterocycles. The molecule has 0 radical (unpaired) electrons. The molecule has 0 heterocycles. The molecule has 0 aliphatic rings. The Labute approximate surface area is 118 Å². The summed E-state index contributed by atoms with van der Waals surface area (Å²) in [5.41, 5.74) is -0.101. The smallest absolute Gasteiger partial charge is 0.311 e. The van der Waals surface area contributed by atoms with E-state index < -0.39 is 11.4 Å². The van der Waals surface area contributed by atoms with Crippen molar-refractivity contribution < 1.29 is 19.8 Å². The summed E-state index contributed by atoms with van der Waals surface area (Å²) in [6, 6.07) is 4.69. The molecular formula is C15H21NO4. The van der Waals surface area contributed by atoms with Crippen LogP contribution >= 0.6 is 0 Å². The van der Waals surface area contributed by atoms with Crippen molar-refractivity contribution in [2.45, 2.75) is 33.6 Å². The normalized spacial score (nSPS) is 11.2. The first-order valence-corrected chi connectivity index (χ1v) is 6.68. The fourth-order valence-electron chi connectivity index (χ4n) is 2.09. The van der Waals surface area contributed by atoms with Gasteiger partial charge in [0.15, 0.2) is 0 Å². The Bertz CT molecular complexity index is 507. The van der Waals surface area contributed by atoms with Gasteiger partial charge in [0, 0.05) is 17.7 Å². The highest BCUT2D eigenvalue weighted by molar-refractivity contribution is 5.96. The topological polar surface area (TPSA) is 86.6 Å². The first kappa shape index (κ1) is 16.0. The summed E-state index contributed by atoms with van der Waals surface area (Å²) in [5, 5.41) is 21.6. The van der Waals surface area contributed by atoms with Gasteiger partial charge in [-0.1, -0.05) is 19.9 Å². The number of rotatable bonds is 6. The molecule has 20 heavy (non-hydrogen) atoms. The van der Waals surface area contributed by atoms with Gasteiger partial charge in [0.1, 0.15) is 5.75 Å². The summed E-state index contributed by atoms with van der Waals surface area (Å²) in [5.74, 6) is -1.23. The second kappa shape index (κ2) is 6.41. The average Bonchev–Trinajstić information content (AvgIpc) is 2.43. The summed E-state index contributed by atoms with van der Waals surface area (Å²) in [6.45, 7) is 5.31. The van der Waals surface area contributed by atoms with Crippen LogP contribution in [0.15, 0.2) is 18.2 Å². The van der Waals surface area contributed by atoms with Gasteiger partial charge < -0.3 is 15.5 Å². The van der Waals surface area contributed by atoms with Gasteiger partial charge in [-0.15, -0.1) is 0 Å². The van der Waals surface area contributed by atoms with Gasteiger partial charge in [0.05, 0.1) is 5.41 Å². The van der Waals surface area contributed by atoms with Gasteiger partial charge in [-0.05, 0) is 31.9 Å². The number of nitrogens with one attached hydrogen (secondary N) is 1. The van der Waals surface area contributed by atoms with Crippen LogP contribution in [-0.4, -0.2) is 28.6 Å². The second-order valence-corrected chi connectivity index (χ2v) is 4.92. The molecule has 1 rings (SSSR count). The van der Waals surface area contributed by atoms with Crippen molar-refractivity contribution in [3.63, 3.8) is 0 Å². The number of carboxylic acid groups (broad SMARTS) is 1. The van der Waals surface area contributed by atoms with Crippen molar-refractivity contribution in [3.8, 4) is 5.75 Å². The van der Waals surface area contributed by atoms with Crippen LogP contribution in [0, 0.1) is 12.3 Å². The van der Waals surface area contributed by atoms with E-state index in [9.17, 15) is 19.8 Å². The highest BCUT2D eigenvalue weighted by Crippen LogP contribution is 2.26. The summed E-state index contributed by atoms with van der Waals surface area (Å²) in [4.78, 5) is 23.5. The molecule has 110 valence electrons. The van der Waals surface area contributed by atoms with Crippen LogP contribution in [0.4, 0.5) is 0 Å². The number of carboxylic acids is 1. The third kappa shape index (κ3) is 3.10. The van der Waals surface area contributed by atoms with Crippen molar-refractivity contribution in [1.29, 1.82) is 0 Å². The predicted octanol–water partition coefficient (Wildman–Crippen LogP) is 2.32. The van der Waals surface area contributed by atoms with Crippen molar-refractivity contribution in [2.75, 3.05) is 6.54 Å². The van der Waals surface area contributed by atoms with Crippen LogP contribution in [-0.2, 0) is 4.79 Å². The Balaban J connectivity index is 2.86. The molecule has 0 aliphatic carbocycles. The number of hydrogen-bond acceptors (Lipinski definition) is 3. The maximum Gasteiger partial charge on any atom is 0.311 e. The number of aromatic hydroxyl groups is 1. The maximum atomic E-state index is 12.1. The molecule has 3 N–H and O–H groups in total. The Morgan fingerprint density at radius 1 is 1.25 bits per heavy atom. The third-order valence-electron chi connectivity index (χ3n) is 3.94. The van der Waals surface area contributed by atoms with Crippen LogP contribution in [0.2, 0.25) is 0 Å². The highest BCUT2D eigenvalue weighted by atomic mass is 16.4. The molecule has 0 fully saturated rings. The fourth-order valence-corrected chi connectivity index (χ4v) is 2.09. The molecule has 5 nitrogen and oxygen atoms in total. The molecule has 1 aromatic carbocycles. The van der Waals surface area contributed by atoms with Crippen LogP contribution in [0.5, 0.6) is 5.75 Å². The first-order chi connectivity index (χ1) is 9.38. The van der Waals surface area contributed by atoms with Gasteiger partial charge in [-0.25, -0.2) is 0 Å². The molecule has 1 amide bonds. The molecule has 0 bridgehead atoms. The Hall–Kier alpha value is -2.04. The molecule has 0 unspecified atom stereocenters. The van der Waals surface area contributed by atoms with E-state index in [1.165, 1.54) is 6.07 Å². The number of carbonyl (C=O) groups is 2. The summed E-state index contributed by atoms with van der Waals surface area (Å²) < 4.78 is 0. The van der Waals surface area contributed by atoms with E-state index in [1.807, 2.05) is 0 Å². The van der Waals surface area contributed by atoms with E-state index in [-0.39, 0.29) is 18.2 Å². The minimum atomic E-state index is -0.944. The number of aliphatic carboxylic acids is 1. The predicted molar refractivity (Wildman–Crippen MR) is 75.8 cm³/mol. The van der Waals surface area contributed by atoms with Crippen molar-refractivity contribution in [2.24, 2.45) is 5.41 Å². The third-order valence-corrected chi connectivity index (χ3v) is 3.94. The van der Waals surface area contributed by atoms with Gasteiger partial charge in [-0.3, -0.25) is 9.59 Å². The Morgan fingerprint density at radius 3 is 2.35 bits per heavy atom. The second-order valence-electron chi connectivity index (χ2n) is 4.92. The molecule has 5 heteroatoms. The average molecular weight is 279 g/mol. The highest BCUT2D eigenvalue weighted by Gasteiger charge is 2.35. The monoisotopic (exact) mass is 279 g/mol. The van der Waals surface area contributed by atoms with Crippen LogP contribution in [0.25, 0.3) is 0 Å². The molecule has 0 saturated carbocycles. The Kier molecular flexibility index (Phi) is 5.13. The Morgan fingerprint density at radius 2 is 1.85 bits per heavy atom. The van der Waals surface area contributed by atoms with E-state index in [4.69, 9.17) is 0 Å². The zero-order valence-corrected chi connectivity index (χ0v) is 12.1. The standard InChI is InChI=1S/C15H21NO4/c1-4-15(5-2,14(19)20)9-16-13(18)11-7-6-8-12(17)10(11)3/h6-8,17H,4-5,9H2,1-3H3,(H,16,18)(H,19,20). The van der Waals surface area contributed by atoms with Gasteiger partial charge in [-0.2, -0.15) is 0 Å². The number of benzene rings is 1. The number of hydrogen-bond donors (Lipinski definition) is 3. The van der Waals surface area contributed by atoms with Crippen LogP contribution in [0.1, 0.15) is 42.6 Å². The number of carbonyl (C=O) groups excluding carboxylic acids is 1. The summed E-state index contributed by atoms with van der Waals surface area (Å²) >= 11 is 0. The van der Waals surface area contributed by atoms with E-state index in [1.54, 1.807) is 32.9 Å². The SMILES string of the molecule is CCC(CC)(CNC(=O)c1cccc(O)c1C)C(=O)O. The zero-order chi connectivity index (χ0) is 15.3. The molecule has 1 aromatic rings. The van der Waals surface area contributed by atoms with Crippen molar-refractivity contribution in [3.05, 3.63) is 29.3 Å². The van der Waals surface area contributed by atoms with Gasteiger partial charge >= 0.3 is 5.97 Å². The maximum absolute atomic E-state index is 12.1. The minimum absolute atomic E-state index is 0.0492. The lowest BCUT2D eigenvalue weighted by atomic mass is 9.82. The fraction of sp³-hybridized carbons (Fsp3) is 0.467. The van der Waals surface area contributed by atoms with Crippen molar-refractivity contribution in [1.82, 2.24) is 5.32 Å². The quantitative estimate of drug-likeness (QED) is 0.746. The van der Waals surface area contributed by atoms with Gasteiger partial charge in [0.25, 0.3) is 5.91 Å². The van der Waals surface area contributed by atoms with E-state index in [2.05, 4.69) is 5.32 Å². The molecule has 0 atom stereocenters. The van der Waals surface area contributed by atoms with Crippen LogP contribution in [0.3, 0.4) is 0 Å². The van der Waals surface area contributed by atoms with Gasteiger partial charge in [0.2, 0.25) is 0 Å². The molecule has 0 spiro atoms. The van der Waals surface area contributed by atoms with E-state index in [0.29, 0.717) is 24.0 Å². The summed E-state index contributed by atoms with van der Waals surface area (Å²) in [7, 11) is 0. The largest absolute Gasteiger partial charge is 0.508 e. The lowest BCUT2D eigenvalue weighted by Crippen LogP contribution is -2.42. The number of amides is 1. The van der Waals surface area contributed by atoms with Crippen molar-refractivity contribution >= 4 is 11.9 Å². The number of phenols is 1. The number of phenolic OH excluding ortho intramolecular Hbond substituents is 1. The molecule has 0 aliphatic heterocycles. The lowest BCUT2D eigenvalue weighted by Gasteiger charge is -2.27. The van der Waals surface area contributed by atoms with E-state index >= 15 is 0 Å². The zero-order valence-electron chi connectivity index (χ0n) is 12.1. The minimum Gasteiger partial charge on any atom is -0.508 e. The summed E-state index contributed by atoms with van der Waals surface area (Å²) in [6.07, 6.45) is 0.885. The van der Waals surface area contributed by atoms with Crippen LogP contribution < -0.4 is 5.32 Å². The molecule has 0 saturated heterocycles.